The van der Waals surface area contributed by atoms with E-state index >= 15 is 0 Å². The molecule has 2 rings (SSSR count). The van der Waals surface area contributed by atoms with Crippen LogP contribution in [-0.2, 0) is 9.53 Å². The van der Waals surface area contributed by atoms with E-state index in [0.717, 1.165) is 0 Å². The molecule has 0 radical (unpaired) electrons. The van der Waals surface area contributed by atoms with Crippen molar-refractivity contribution in [1.29, 1.82) is 0 Å². The summed E-state index contributed by atoms with van der Waals surface area (Å²) in [6.45, 7) is 3.37. The molecule has 0 N–H and O–H groups in total. The lowest BCUT2D eigenvalue weighted by atomic mass is 9.93. The van der Waals surface area contributed by atoms with Crippen molar-refractivity contribution >= 4 is 17.3 Å². The number of carbonyl (C=O) groups is 2. The molecule has 2 aromatic rings. The molecule has 0 amide bonds. The molecule has 0 heterocycles. The third-order valence-corrected chi connectivity index (χ3v) is 3.35. The number of hydrogen-bond donors (Lipinski definition) is 0. The first-order valence-electron chi connectivity index (χ1n) is 7.29. The number of aryl methyl sites for hydroxylation is 1. The molecule has 0 aliphatic carbocycles. The molecule has 0 bridgehead atoms. The van der Waals surface area contributed by atoms with E-state index in [9.17, 15) is 14.0 Å². The Hall–Kier alpha value is -2.75. The first-order valence-corrected chi connectivity index (χ1v) is 7.29. The van der Waals surface area contributed by atoms with Crippen molar-refractivity contribution in [3.05, 3.63) is 77.1 Å². The topological polar surface area (TPSA) is 43.4 Å². The summed E-state index contributed by atoms with van der Waals surface area (Å²) < 4.78 is 19.3. The Morgan fingerprint density at radius 1 is 1.00 bits per heavy atom. The highest BCUT2D eigenvalue weighted by molar-refractivity contribution is 6.32. The molecular formula is C19H17FO3. The molecule has 0 aliphatic rings. The van der Waals surface area contributed by atoms with Crippen LogP contribution in [0.5, 0.6) is 0 Å². The summed E-state index contributed by atoms with van der Waals surface area (Å²) in [6, 6.07) is 15.1. The van der Waals surface area contributed by atoms with Gasteiger partial charge in [-0.3, -0.25) is 4.79 Å². The molecule has 0 fully saturated rings. The van der Waals surface area contributed by atoms with Gasteiger partial charge < -0.3 is 4.74 Å². The predicted molar refractivity (Wildman–Crippen MR) is 86.6 cm³/mol. The summed E-state index contributed by atoms with van der Waals surface area (Å²) in [5.74, 6) is -2.85. The van der Waals surface area contributed by atoms with E-state index in [1.807, 2.05) is 0 Å². The average molecular weight is 312 g/mol. The van der Waals surface area contributed by atoms with Crippen molar-refractivity contribution in [2.24, 2.45) is 0 Å². The van der Waals surface area contributed by atoms with Crippen molar-refractivity contribution in [3.8, 4) is 0 Å². The van der Waals surface area contributed by atoms with E-state index in [4.69, 9.17) is 4.74 Å². The number of ketones is 1. The molecular weight excluding hydrogens is 295 g/mol. The number of hydrogen-bond acceptors (Lipinski definition) is 3. The van der Waals surface area contributed by atoms with Crippen LogP contribution in [0.25, 0.3) is 5.57 Å². The number of benzene rings is 2. The summed E-state index contributed by atoms with van der Waals surface area (Å²) >= 11 is 0. The predicted octanol–water partition coefficient (Wildman–Crippen LogP) is 4.12. The lowest BCUT2D eigenvalue weighted by Crippen LogP contribution is -2.12. The first-order chi connectivity index (χ1) is 11.1. The molecule has 0 unspecified atom stereocenters. The molecule has 118 valence electrons. The van der Waals surface area contributed by atoms with Gasteiger partial charge in [0, 0.05) is 5.56 Å². The summed E-state index contributed by atoms with van der Waals surface area (Å²) in [6.07, 6.45) is 0. The maximum absolute atomic E-state index is 14.6. The van der Waals surface area contributed by atoms with E-state index in [0.29, 0.717) is 16.7 Å². The second-order valence-electron chi connectivity index (χ2n) is 4.92. The van der Waals surface area contributed by atoms with Crippen molar-refractivity contribution in [3.63, 3.8) is 0 Å². The van der Waals surface area contributed by atoms with Gasteiger partial charge in [0.1, 0.15) is 0 Å². The third-order valence-electron chi connectivity index (χ3n) is 3.35. The molecule has 0 spiro atoms. The molecule has 4 heteroatoms. The van der Waals surface area contributed by atoms with Crippen LogP contribution in [0.15, 0.2) is 60.4 Å². The van der Waals surface area contributed by atoms with Crippen LogP contribution in [0.1, 0.15) is 28.4 Å². The highest BCUT2D eigenvalue weighted by atomic mass is 19.1. The van der Waals surface area contributed by atoms with Crippen LogP contribution in [0.4, 0.5) is 4.39 Å². The zero-order valence-electron chi connectivity index (χ0n) is 13.0. The van der Waals surface area contributed by atoms with E-state index in [1.165, 1.54) is 0 Å². The highest BCUT2D eigenvalue weighted by Crippen LogP contribution is 2.27. The molecule has 23 heavy (non-hydrogen) atoms. The van der Waals surface area contributed by atoms with Gasteiger partial charge in [-0.15, -0.1) is 0 Å². The van der Waals surface area contributed by atoms with Crippen LogP contribution in [-0.4, -0.2) is 18.4 Å². The molecule has 0 atom stereocenters. The van der Waals surface area contributed by atoms with Gasteiger partial charge in [-0.25, -0.2) is 4.79 Å². The van der Waals surface area contributed by atoms with Crippen LogP contribution in [0.2, 0.25) is 0 Å². The Kier molecular flexibility index (Phi) is 5.41. The molecule has 0 saturated heterocycles. The number of ether oxygens (including phenoxy) is 1. The number of rotatable bonds is 5. The minimum Gasteiger partial charge on any atom is -0.461 e. The summed E-state index contributed by atoms with van der Waals surface area (Å²) in [4.78, 5) is 24.5. The average Bonchev–Trinajstić information content (AvgIpc) is 2.57. The van der Waals surface area contributed by atoms with Crippen molar-refractivity contribution in [2.45, 2.75) is 13.8 Å². The molecule has 0 saturated carbocycles. The lowest BCUT2D eigenvalue weighted by molar-refractivity contribution is -0.140. The summed E-state index contributed by atoms with van der Waals surface area (Å²) in [5, 5.41) is 0. The Morgan fingerprint density at radius 3 is 2.22 bits per heavy atom. The highest BCUT2D eigenvalue weighted by Gasteiger charge is 2.25. The Labute approximate surface area is 134 Å². The van der Waals surface area contributed by atoms with E-state index < -0.39 is 17.6 Å². The smallest absolute Gasteiger partial charge is 0.367 e. The van der Waals surface area contributed by atoms with Crippen LogP contribution >= 0.6 is 0 Å². The largest absolute Gasteiger partial charge is 0.461 e. The zero-order valence-corrected chi connectivity index (χ0v) is 13.0. The van der Waals surface area contributed by atoms with Crippen LogP contribution in [0.3, 0.4) is 0 Å². The second kappa shape index (κ2) is 7.49. The standard InChI is InChI=1S/C19H17FO3/c1-3-23-19(22)17(20)16(15-12-8-7-9-13(15)2)18(21)14-10-5-4-6-11-14/h4-12H,3H2,1-2H3/b17-16+. The van der Waals surface area contributed by atoms with Gasteiger partial charge >= 0.3 is 5.97 Å². The summed E-state index contributed by atoms with van der Waals surface area (Å²) in [7, 11) is 0. The molecule has 2 aromatic carbocycles. The van der Waals surface area contributed by atoms with Gasteiger partial charge in [-0.1, -0.05) is 54.6 Å². The maximum atomic E-state index is 14.6. The van der Waals surface area contributed by atoms with Gasteiger partial charge in [0.15, 0.2) is 5.78 Å². The number of halogens is 1. The number of esters is 1. The first kappa shape index (κ1) is 16.6. The fourth-order valence-electron chi connectivity index (χ4n) is 2.22. The van der Waals surface area contributed by atoms with Gasteiger partial charge in [-0.2, -0.15) is 4.39 Å². The third kappa shape index (κ3) is 3.72. The molecule has 3 nitrogen and oxygen atoms in total. The van der Waals surface area contributed by atoms with Crippen LogP contribution < -0.4 is 0 Å². The Bertz CT molecular complexity index is 748. The maximum Gasteiger partial charge on any atom is 0.367 e. The number of allylic oxidation sites excluding steroid dienone is 1. The van der Waals surface area contributed by atoms with Crippen molar-refractivity contribution < 1.29 is 18.7 Å². The lowest BCUT2D eigenvalue weighted by Gasteiger charge is -2.11. The van der Waals surface area contributed by atoms with Gasteiger partial charge in [-0.05, 0) is 25.0 Å². The fraction of sp³-hybridized carbons (Fsp3) is 0.158. The minimum atomic E-state index is -1.17. The van der Waals surface area contributed by atoms with Gasteiger partial charge in [0.05, 0.1) is 12.2 Å². The minimum absolute atomic E-state index is 0.0346. The monoisotopic (exact) mass is 312 g/mol. The quantitative estimate of drug-likeness (QED) is 0.474. The normalized spacial score (nSPS) is 11.6. The van der Waals surface area contributed by atoms with Gasteiger partial charge in [0.25, 0.3) is 0 Å². The number of Topliss-reactive ketones (excluding diaryl/α,β-unsaturated/α-hetero) is 1. The van der Waals surface area contributed by atoms with E-state index in [1.54, 1.807) is 68.4 Å². The fourth-order valence-corrected chi connectivity index (χ4v) is 2.22. The second-order valence-corrected chi connectivity index (χ2v) is 4.92. The van der Waals surface area contributed by atoms with Crippen LogP contribution in [0, 0.1) is 6.92 Å². The van der Waals surface area contributed by atoms with E-state index in [2.05, 4.69) is 0 Å². The number of carbonyl (C=O) groups excluding carboxylic acids is 2. The van der Waals surface area contributed by atoms with Crippen molar-refractivity contribution in [2.75, 3.05) is 6.61 Å². The zero-order chi connectivity index (χ0) is 16.8. The summed E-state index contributed by atoms with van der Waals surface area (Å²) in [5.41, 5.74) is 1.12. The SMILES string of the molecule is CCOC(=O)/C(F)=C(\C(=O)c1ccccc1)c1ccccc1C. The van der Waals surface area contributed by atoms with E-state index in [-0.39, 0.29) is 12.2 Å². The Balaban J connectivity index is 2.62. The molecule has 0 aliphatic heterocycles. The van der Waals surface area contributed by atoms with Crippen molar-refractivity contribution in [1.82, 2.24) is 0 Å². The molecule has 0 aromatic heterocycles. The van der Waals surface area contributed by atoms with Gasteiger partial charge in [0.2, 0.25) is 5.83 Å². The Morgan fingerprint density at radius 2 is 1.61 bits per heavy atom.